The summed E-state index contributed by atoms with van der Waals surface area (Å²) >= 11 is 3.44. The molecule has 0 fully saturated rings. The van der Waals surface area contributed by atoms with Crippen molar-refractivity contribution in [2.75, 3.05) is 11.6 Å². The summed E-state index contributed by atoms with van der Waals surface area (Å²) in [4.78, 5) is 11.7. The first kappa shape index (κ1) is 13.2. The maximum atomic E-state index is 11.7. The highest BCUT2D eigenvalue weighted by Crippen LogP contribution is 2.29. The minimum atomic E-state index is -0.480. The average Bonchev–Trinajstić information content (AvgIpc) is 2.57. The van der Waals surface area contributed by atoms with Gasteiger partial charge in [0.1, 0.15) is 5.60 Å². The highest BCUT2D eigenvalue weighted by atomic mass is 79.9. The predicted octanol–water partition coefficient (Wildman–Crippen LogP) is 3.25. The normalized spacial score (nSPS) is 14.3. The summed E-state index contributed by atoms with van der Waals surface area (Å²) in [6.07, 6.45) is 0.503. The molecule has 1 aliphatic heterocycles. The second-order valence-corrected chi connectivity index (χ2v) is 6.20. The summed E-state index contributed by atoms with van der Waals surface area (Å²) in [5.74, 6) is 0. The number of hydrogen-bond acceptors (Lipinski definition) is 3. The van der Waals surface area contributed by atoms with Gasteiger partial charge in [0.25, 0.3) is 0 Å². The number of anilines is 1. The standard InChI is InChI=1S/C13H17BrN2O2/c1-13(2,3)18-12(17)15-16-7-6-9-8-10(14)4-5-11(9)16/h4-5,8H,6-7H2,1-3H3,(H,15,17). The molecule has 0 bridgehead atoms. The fourth-order valence-corrected chi connectivity index (χ4v) is 2.31. The fourth-order valence-electron chi connectivity index (χ4n) is 1.90. The topological polar surface area (TPSA) is 41.6 Å². The van der Waals surface area contributed by atoms with E-state index in [2.05, 4.69) is 27.4 Å². The lowest BCUT2D eigenvalue weighted by Crippen LogP contribution is -2.44. The van der Waals surface area contributed by atoms with E-state index in [0.29, 0.717) is 0 Å². The first-order valence-corrected chi connectivity index (χ1v) is 6.70. The van der Waals surface area contributed by atoms with Gasteiger partial charge in [-0.25, -0.2) is 10.2 Å². The van der Waals surface area contributed by atoms with E-state index in [-0.39, 0.29) is 0 Å². The molecule has 1 heterocycles. The van der Waals surface area contributed by atoms with Crippen LogP contribution in [-0.2, 0) is 11.2 Å². The molecular formula is C13H17BrN2O2. The molecule has 0 atom stereocenters. The molecule has 4 nitrogen and oxygen atoms in total. The van der Waals surface area contributed by atoms with E-state index < -0.39 is 11.7 Å². The third kappa shape index (κ3) is 3.16. The molecule has 1 aromatic rings. The number of hydrogen-bond donors (Lipinski definition) is 1. The Morgan fingerprint density at radius 2 is 2.17 bits per heavy atom. The van der Waals surface area contributed by atoms with E-state index in [1.165, 1.54) is 5.56 Å². The Morgan fingerprint density at radius 3 is 2.83 bits per heavy atom. The van der Waals surface area contributed by atoms with Crippen LogP contribution in [0.15, 0.2) is 22.7 Å². The maximum absolute atomic E-state index is 11.7. The summed E-state index contributed by atoms with van der Waals surface area (Å²) in [5.41, 5.74) is 4.54. The lowest BCUT2D eigenvalue weighted by molar-refractivity contribution is 0.0522. The number of carbonyl (C=O) groups excluding carboxylic acids is 1. The first-order valence-electron chi connectivity index (χ1n) is 5.91. The Labute approximate surface area is 115 Å². The van der Waals surface area contributed by atoms with Gasteiger partial charge in [-0.05, 0) is 51.0 Å². The number of nitrogens with zero attached hydrogens (tertiary/aromatic N) is 1. The number of nitrogens with one attached hydrogen (secondary N) is 1. The van der Waals surface area contributed by atoms with Crippen LogP contribution in [-0.4, -0.2) is 18.2 Å². The van der Waals surface area contributed by atoms with E-state index in [0.717, 1.165) is 23.1 Å². The minimum absolute atomic E-state index is 0.418. The van der Waals surface area contributed by atoms with Crippen molar-refractivity contribution in [3.8, 4) is 0 Å². The van der Waals surface area contributed by atoms with Gasteiger partial charge in [0.15, 0.2) is 0 Å². The van der Waals surface area contributed by atoms with Crippen molar-refractivity contribution in [3.05, 3.63) is 28.2 Å². The van der Waals surface area contributed by atoms with E-state index in [9.17, 15) is 4.79 Å². The number of halogens is 1. The van der Waals surface area contributed by atoms with E-state index in [1.54, 1.807) is 0 Å². The van der Waals surface area contributed by atoms with Crippen LogP contribution in [0.5, 0.6) is 0 Å². The molecule has 0 spiro atoms. The fraction of sp³-hybridized carbons (Fsp3) is 0.462. The third-order valence-electron chi connectivity index (χ3n) is 2.56. The molecule has 2 rings (SSSR count). The molecule has 1 amide bonds. The number of fused-ring (bicyclic) bond motifs is 1. The van der Waals surface area contributed by atoms with Gasteiger partial charge >= 0.3 is 6.09 Å². The predicted molar refractivity (Wildman–Crippen MR) is 74.6 cm³/mol. The summed E-state index contributed by atoms with van der Waals surface area (Å²) in [6, 6.07) is 6.03. The van der Waals surface area contributed by atoms with Gasteiger partial charge in [0.05, 0.1) is 5.69 Å². The van der Waals surface area contributed by atoms with Crippen LogP contribution in [0.2, 0.25) is 0 Å². The number of carbonyl (C=O) groups is 1. The molecule has 1 aliphatic rings. The molecule has 0 unspecified atom stereocenters. The molecular weight excluding hydrogens is 296 g/mol. The van der Waals surface area contributed by atoms with E-state index >= 15 is 0 Å². The zero-order valence-corrected chi connectivity index (χ0v) is 12.4. The van der Waals surface area contributed by atoms with E-state index in [4.69, 9.17) is 4.74 Å². The Bertz CT molecular complexity index is 469. The summed E-state index contributed by atoms with van der Waals surface area (Å²) in [5, 5.41) is 1.83. The Hall–Kier alpha value is -1.23. The lowest BCUT2D eigenvalue weighted by Gasteiger charge is -2.24. The van der Waals surface area contributed by atoms with Crippen molar-refractivity contribution < 1.29 is 9.53 Å². The van der Waals surface area contributed by atoms with Gasteiger partial charge in [-0.2, -0.15) is 0 Å². The van der Waals surface area contributed by atoms with Crippen LogP contribution in [0.3, 0.4) is 0 Å². The highest BCUT2D eigenvalue weighted by Gasteiger charge is 2.23. The van der Waals surface area contributed by atoms with Crippen LogP contribution in [0.25, 0.3) is 0 Å². The Morgan fingerprint density at radius 1 is 1.44 bits per heavy atom. The van der Waals surface area contributed by atoms with Gasteiger partial charge in [0.2, 0.25) is 0 Å². The molecule has 1 N–H and O–H groups in total. The van der Waals surface area contributed by atoms with Gasteiger partial charge in [0, 0.05) is 11.0 Å². The summed E-state index contributed by atoms with van der Waals surface area (Å²) < 4.78 is 6.29. The van der Waals surface area contributed by atoms with Gasteiger partial charge in [-0.15, -0.1) is 0 Å². The number of rotatable bonds is 1. The smallest absolute Gasteiger partial charge is 0.426 e. The number of benzene rings is 1. The Balaban J connectivity index is 2.04. The number of hydrazine groups is 1. The van der Waals surface area contributed by atoms with E-state index in [1.807, 2.05) is 37.9 Å². The van der Waals surface area contributed by atoms with Crippen molar-refractivity contribution in [1.29, 1.82) is 0 Å². The molecule has 0 aromatic heterocycles. The molecule has 0 saturated carbocycles. The van der Waals surface area contributed by atoms with Gasteiger partial charge in [-0.3, -0.25) is 5.01 Å². The molecule has 0 aliphatic carbocycles. The molecule has 0 radical (unpaired) electrons. The van der Waals surface area contributed by atoms with Crippen LogP contribution in [0.1, 0.15) is 26.3 Å². The van der Waals surface area contributed by atoms with Gasteiger partial charge < -0.3 is 4.74 Å². The van der Waals surface area contributed by atoms with Crippen LogP contribution < -0.4 is 10.4 Å². The van der Waals surface area contributed by atoms with Crippen molar-refractivity contribution >= 4 is 27.7 Å². The minimum Gasteiger partial charge on any atom is -0.443 e. The van der Waals surface area contributed by atoms with Crippen molar-refractivity contribution in [2.24, 2.45) is 0 Å². The average molecular weight is 313 g/mol. The van der Waals surface area contributed by atoms with Crippen molar-refractivity contribution in [3.63, 3.8) is 0 Å². The molecule has 0 saturated heterocycles. The van der Waals surface area contributed by atoms with Crippen LogP contribution >= 0.6 is 15.9 Å². The third-order valence-corrected chi connectivity index (χ3v) is 3.06. The maximum Gasteiger partial charge on any atom is 0.426 e. The lowest BCUT2D eigenvalue weighted by atomic mass is 10.2. The second-order valence-electron chi connectivity index (χ2n) is 5.29. The molecule has 98 valence electrons. The zero-order chi connectivity index (χ0) is 13.3. The first-order chi connectivity index (χ1) is 8.35. The highest BCUT2D eigenvalue weighted by molar-refractivity contribution is 9.10. The van der Waals surface area contributed by atoms with Crippen molar-refractivity contribution in [2.45, 2.75) is 32.8 Å². The molecule has 1 aromatic carbocycles. The zero-order valence-electron chi connectivity index (χ0n) is 10.8. The largest absolute Gasteiger partial charge is 0.443 e. The second kappa shape index (κ2) is 4.80. The Kier molecular flexibility index (Phi) is 3.52. The van der Waals surface area contributed by atoms with Crippen molar-refractivity contribution in [1.82, 2.24) is 5.43 Å². The van der Waals surface area contributed by atoms with Crippen LogP contribution in [0, 0.1) is 0 Å². The molecule has 18 heavy (non-hydrogen) atoms. The number of amides is 1. The quantitative estimate of drug-likeness (QED) is 0.865. The number of ether oxygens (including phenoxy) is 1. The summed E-state index contributed by atoms with van der Waals surface area (Å²) in [6.45, 7) is 6.32. The SMILES string of the molecule is CC(C)(C)OC(=O)NN1CCc2cc(Br)ccc21. The van der Waals surface area contributed by atoms with Crippen LogP contribution in [0.4, 0.5) is 10.5 Å². The molecule has 5 heteroatoms. The van der Waals surface area contributed by atoms with Gasteiger partial charge in [-0.1, -0.05) is 15.9 Å². The monoisotopic (exact) mass is 312 g/mol. The summed E-state index contributed by atoms with van der Waals surface area (Å²) in [7, 11) is 0.